The zero-order valence-corrected chi connectivity index (χ0v) is 23.3. The summed E-state index contributed by atoms with van der Waals surface area (Å²) in [5, 5.41) is 19.8. The van der Waals surface area contributed by atoms with E-state index in [1.165, 1.54) is 47.8 Å². The van der Waals surface area contributed by atoms with Crippen molar-refractivity contribution in [3.63, 3.8) is 0 Å². The highest BCUT2D eigenvalue weighted by Gasteiger charge is 2.36. The van der Waals surface area contributed by atoms with E-state index in [4.69, 9.17) is 9.47 Å². The first-order valence-electron chi connectivity index (χ1n) is 12.2. The van der Waals surface area contributed by atoms with Gasteiger partial charge in [-0.2, -0.15) is 4.31 Å². The molecule has 3 atom stereocenters. The number of rotatable bonds is 7. The first kappa shape index (κ1) is 29.4. The number of aliphatic hydroxyl groups excluding tert-OH is 1. The summed E-state index contributed by atoms with van der Waals surface area (Å²) in [6, 6.07) is 7.24. The van der Waals surface area contributed by atoms with Crippen molar-refractivity contribution in [3.8, 4) is 23.5 Å². The van der Waals surface area contributed by atoms with E-state index in [0.717, 1.165) is 0 Å². The largest absolute Gasteiger partial charge is 0.497 e. The number of hydrogen-bond acceptors (Lipinski definition) is 8. The molecule has 1 amide bonds. The predicted molar refractivity (Wildman–Crippen MR) is 141 cm³/mol. The first-order valence-corrected chi connectivity index (χ1v) is 13.6. The second-order valence-corrected chi connectivity index (χ2v) is 12.0. The van der Waals surface area contributed by atoms with E-state index in [2.05, 4.69) is 16.8 Å². The number of hydrogen-bond donors (Lipinski definition) is 2. The molecule has 0 aliphatic carbocycles. The van der Waals surface area contributed by atoms with Crippen molar-refractivity contribution < 1.29 is 32.9 Å². The minimum Gasteiger partial charge on any atom is -0.497 e. The fourth-order valence-electron chi connectivity index (χ4n) is 3.91. The van der Waals surface area contributed by atoms with E-state index in [0.29, 0.717) is 11.3 Å². The summed E-state index contributed by atoms with van der Waals surface area (Å²) in [4.78, 5) is 19.4. The molecule has 2 heterocycles. The Kier molecular flexibility index (Phi) is 9.05. The van der Waals surface area contributed by atoms with Gasteiger partial charge in [0.2, 0.25) is 15.9 Å². The SMILES string of the molecule is COc1cccc(S(=O)(=O)N(C)C[C@@H]2Oc3ncc(C#CC(C)(C)O)cc3C(=O)N([C@H](C)CO)C[C@@H]2C)c1. The molecule has 0 fully saturated rings. The number of methoxy groups -OCH3 is 1. The van der Waals surface area contributed by atoms with E-state index in [-0.39, 0.29) is 47.9 Å². The van der Waals surface area contributed by atoms with E-state index < -0.39 is 27.8 Å². The molecular formula is C27H35N3O7S. The highest BCUT2D eigenvalue weighted by molar-refractivity contribution is 7.89. The Morgan fingerprint density at radius 3 is 2.68 bits per heavy atom. The summed E-state index contributed by atoms with van der Waals surface area (Å²) >= 11 is 0. The van der Waals surface area contributed by atoms with Crippen molar-refractivity contribution in [3.05, 3.63) is 47.7 Å². The van der Waals surface area contributed by atoms with Crippen molar-refractivity contribution in [2.24, 2.45) is 5.92 Å². The minimum atomic E-state index is -3.88. The third kappa shape index (κ3) is 6.82. The summed E-state index contributed by atoms with van der Waals surface area (Å²) < 4.78 is 39.2. The molecule has 11 heteroatoms. The molecule has 3 rings (SSSR count). The van der Waals surface area contributed by atoms with E-state index in [1.807, 2.05) is 6.92 Å². The third-order valence-electron chi connectivity index (χ3n) is 6.22. The smallest absolute Gasteiger partial charge is 0.259 e. The van der Waals surface area contributed by atoms with Crippen LogP contribution in [0.2, 0.25) is 0 Å². The molecule has 2 N–H and O–H groups in total. The number of likely N-dealkylation sites (N-methyl/N-ethyl adjacent to an activating group) is 1. The number of aromatic nitrogens is 1. The van der Waals surface area contributed by atoms with Gasteiger partial charge < -0.3 is 24.6 Å². The van der Waals surface area contributed by atoms with Crippen LogP contribution in [0.4, 0.5) is 0 Å². The topological polar surface area (TPSA) is 130 Å². The molecule has 0 radical (unpaired) electrons. The molecule has 206 valence electrons. The lowest BCUT2D eigenvalue weighted by molar-refractivity contribution is 0.0373. The minimum absolute atomic E-state index is 0.0162. The number of aliphatic hydroxyl groups is 2. The molecule has 0 saturated carbocycles. The normalized spacial score (nSPS) is 19.0. The summed E-state index contributed by atoms with van der Waals surface area (Å²) in [6.07, 6.45) is 0.770. The average Bonchev–Trinajstić information content (AvgIpc) is 2.88. The second-order valence-electron chi connectivity index (χ2n) is 9.97. The van der Waals surface area contributed by atoms with Crippen LogP contribution in [0.3, 0.4) is 0 Å². The lowest BCUT2D eigenvalue weighted by Gasteiger charge is -2.37. The summed E-state index contributed by atoms with van der Waals surface area (Å²) in [7, 11) is -0.947. The van der Waals surface area contributed by atoms with Gasteiger partial charge in [0.1, 0.15) is 23.0 Å². The molecule has 2 aromatic rings. The summed E-state index contributed by atoms with van der Waals surface area (Å²) in [5.74, 6) is 5.28. The van der Waals surface area contributed by atoms with Gasteiger partial charge >= 0.3 is 0 Å². The average molecular weight is 546 g/mol. The Bertz CT molecular complexity index is 1330. The van der Waals surface area contributed by atoms with Crippen LogP contribution < -0.4 is 9.47 Å². The van der Waals surface area contributed by atoms with Crippen molar-refractivity contribution in [1.29, 1.82) is 0 Å². The highest BCUT2D eigenvalue weighted by atomic mass is 32.2. The van der Waals surface area contributed by atoms with Gasteiger partial charge in [-0.3, -0.25) is 4.79 Å². The molecule has 0 saturated heterocycles. The lowest BCUT2D eigenvalue weighted by Crippen LogP contribution is -2.50. The quantitative estimate of drug-likeness (QED) is 0.504. The van der Waals surface area contributed by atoms with Gasteiger partial charge in [-0.1, -0.05) is 24.8 Å². The number of pyridine rings is 1. The third-order valence-corrected chi connectivity index (χ3v) is 8.04. The molecule has 1 aromatic heterocycles. The number of fused-ring (bicyclic) bond motifs is 1. The van der Waals surface area contributed by atoms with Crippen molar-refractivity contribution in [1.82, 2.24) is 14.2 Å². The number of carbonyl (C=O) groups is 1. The molecular weight excluding hydrogens is 510 g/mol. The molecule has 1 aliphatic heterocycles. The van der Waals surface area contributed by atoms with Crippen LogP contribution in [0.1, 0.15) is 43.6 Å². The molecule has 0 bridgehead atoms. The van der Waals surface area contributed by atoms with Crippen LogP contribution >= 0.6 is 0 Å². The van der Waals surface area contributed by atoms with Crippen molar-refractivity contribution >= 4 is 15.9 Å². The monoisotopic (exact) mass is 545 g/mol. The first-order chi connectivity index (χ1) is 17.8. The van der Waals surface area contributed by atoms with E-state index >= 15 is 0 Å². The molecule has 1 aromatic carbocycles. The van der Waals surface area contributed by atoms with E-state index in [9.17, 15) is 23.4 Å². The second kappa shape index (κ2) is 11.7. The molecule has 0 spiro atoms. The fourth-order valence-corrected chi connectivity index (χ4v) is 5.13. The fraction of sp³-hybridized carbons (Fsp3) is 0.481. The number of amides is 1. The van der Waals surface area contributed by atoms with Gasteiger partial charge in [0.15, 0.2) is 0 Å². The van der Waals surface area contributed by atoms with Crippen molar-refractivity contribution in [2.75, 3.05) is 33.9 Å². The van der Waals surface area contributed by atoms with Crippen LogP contribution in [-0.4, -0.2) is 90.3 Å². The van der Waals surface area contributed by atoms with Gasteiger partial charge in [-0.25, -0.2) is 13.4 Å². The van der Waals surface area contributed by atoms with Gasteiger partial charge in [0, 0.05) is 37.3 Å². The standard InChI is InChI=1S/C27H35N3O7S/c1-18-15-30(19(2)17-31)26(32)23-12-20(10-11-27(3,4)33)14-28-25(23)37-24(18)16-29(5)38(34,35)22-9-7-8-21(13-22)36-6/h7-9,12-14,18-19,24,31,33H,15-17H2,1-6H3/t18-,19+,24-/m0/s1. The molecule has 38 heavy (non-hydrogen) atoms. The Balaban J connectivity index is 1.99. The Morgan fingerprint density at radius 1 is 1.34 bits per heavy atom. The number of carbonyl (C=O) groups excluding carboxylic acids is 1. The number of benzene rings is 1. The van der Waals surface area contributed by atoms with Crippen LogP contribution in [0.15, 0.2) is 41.4 Å². The van der Waals surface area contributed by atoms with Crippen LogP contribution in [0, 0.1) is 17.8 Å². The number of ether oxygens (including phenoxy) is 2. The molecule has 10 nitrogen and oxygen atoms in total. The van der Waals surface area contributed by atoms with Gasteiger partial charge in [-0.05, 0) is 39.0 Å². The van der Waals surface area contributed by atoms with Crippen molar-refractivity contribution in [2.45, 2.75) is 50.3 Å². The van der Waals surface area contributed by atoms with Gasteiger partial charge in [-0.15, -0.1) is 0 Å². The Hall–Kier alpha value is -3.17. The zero-order chi connectivity index (χ0) is 28.3. The van der Waals surface area contributed by atoms with Gasteiger partial charge in [0.05, 0.1) is 31.2 Å². The lowest BCUT2D eigenvalue weighted by atomic mass is 10.00. The summed E-state index contributed by atoms with van der Waals surface area (Å²) in [6.45, 7) is 6.62. The Morgan fingerprint density at radius 2 is 2.05 bits per heavy atom. The molecule has 0 unspecified atom stereocenters. The predicted octanol–water partition coefficient (Wildman–Crippen LogP) is 1.75. The van der Waals surface area contributed by atoms with E-state index in [1.54, 1.807) is 32.9 Å². The zero-order valence-electron chi connectivity index (χ0n) is 22.5. The number of nitrogens with zero attached hydrogens (tertiary/aromatic N) is 3. The molecule has 1 aliphatic rings. The number of sulfonamides is 1. The highest BCUT2D eigenvalue weighted by Crippen LogP contribution is 2.28. The maximum absolute atomic E-state index is 13.5. The Labute approximate surface area is 224 Å². The maximum atomic E-state index is 13.5. The van der Waals surface area contributed by atoms with Crippen LogP contribution in [-0.2, 0) is 10.0 Å². The van der Waals surface area contributed by atoms with Gasteiger partial charge in [0.25, 0.3) is 5.91 Å². The van der Waals surface area contributed by atoms with Crippen LogP contribution in [0.5, 0.6) is 11.6 Å². The summed E-state index contributed by atoms with van der Waals surface area (Å²) in [5.41, 5.74) is -0.688. The maximum Gasteiger partial charge on any atom is 0.259 e. The van der Waals surface area contributed by atoms with Crippen LogP contribution in [0.25, 0.3) is 0 Å².